The molecule has 6 nitrogen and oxygen atoms in total. The highest BCUT2D eigenvalue weighted by Gasteiger charge is 2.08. The summed E-state index contributed by atoms with van der Waals surface area (Å²) in [5.41, 5.74) is 2.68. The molecule has 0 spiro atoms. The highest BCUT2D eigenvalue weighted by molar-refractivity contribution is 5.86. The van der Waals surface area contributed by atoms with E-state index in [0.717, 1.165) is 46.9 Å². The number of hydrogen-bond acceptors (Lipinski definition) is 3. The van der Waals surface area contributed by atoms with Gasteiger partial charge in [0.15, 0.2) is 0 Å². The first-order chi connectivity index (χ1) is 13.8. The van der Waals surface area contributed by atoms with Gasteiger partial charge in [0.25, 0.3) is 5.56 Å². The van der Waals surface area contributed by atoms with Gasteiger partial charge in [-0.05, 0) is 42.7 Å². The average molecular weight is 374 g/mol. The molecule has 0 unspecified atom stereocenters. The van der Waals surface area contributed by atoms with Crippen LogP contribution in [0.25, 0.3) is 23.2 Å². The number of aliphatic hydroxyl groups is 1. The van der Waals surface area contributed by atoms with Gasteiger partial charge in [0.05, 0.1) is 10.6 Å². The Morgan fingerprint density at radius 2 is 1.89 bits per heavy atom. The fraction of sp³-hybridized carbons (Fsp3) is 0.182. The summed E-state index contributed by atoms with van der Waals surface area (Å²) in [4.78, 5) is 16.9. The molecule has 0 aliphatic rings. The molecule has 0 fully saturated rings. The largest absolute Gasteiger partial charge is 0.396 e. The van der Waals surface area contributed by atoms with Crippen molar-refractivity contribution < 1.29 is 5.11 Å². The number of aromatic amines is 2. The van der Waals surface area contributed by atoms with Gasteiger partial charge in [-0.15, -0.1) is 0 Å². The van der Waals surface area contributed by atoms with Crippen LogP contribution in [0.3, 0.4) is 0 Å². The summed E-state index contributed by atoms with van der Waals surface area (Å²) in [5.74, 6) is 0. The minimum absolute atomic E-state index is 0.160. The zero-order chi connectivity index (χ0) is 19.3. The van der Waals surface area contributed by atoms with E-state index in [4.69, 9.17) is 5.11 Å². The Morgan fingerprint density at radius 3 is 2.71 bits per heavy atom. The SMILES string of the molecule is O=c1[nH][nH]c(=Cc2ccccc2)c1=Cc1cn(CCCCO)c2ncccc12. The van der Waals surface area contributed by atoms with E-state index in [1.165, 1.54) is 0 Å². The smallest absolute Gasteiger partial charge is 0.271 e. The Morgan fingerprint density at radius 1 is 1.04 bits per heavy atom. The van der Waals surface area contributed by atoms with Crippen LogP contribution in [0, 0.1) is 0 Å². The molecule has 28 heavy (non-hydrogen) atoms. The van der Waals surface area contributed by atoms with Gasteiger partial charge in [0, 0.05) is 36.5 Å². The Bertz CT molecular complexity index is 1250. The highest BCUT2D eigenvalue weighted by atomic mass is 16.2. The summed E-state index contributed by atoms with van der Waals surface area (Å²) in [6, 6.07) is 13.8. The summed E-state index contributed by atoms with van der Waals surface area (Å²) < 4.78 is 2.08. The third-order valence-electron chi connectivity index (χ3n) is 4.73. The molecule has 3 heterocycles. The Labute approximate surface area is 161 Å². The molecule has 0 radical (unpaired) electrons. The Balaban J connectivity index is 1.85. The molecule has 142 valence electrons. The second-order valence-electron chi connectivity index (χ2n) is 6.69. The maximum Gasteiger partial charge on any atom is 0.271 e. The second-order valence-corrected chi connectivity index (χ2v) is 6.69. The molecule has 0 saturated carbocycles. The molecule has 3 aromatic heterocycles. The Kier molecular flexibility index (Phi) is 5.21. The standard InChI is InChI=1S/C22H22N4O2/c27-12-5-4-11-26-15-17(18-9-6-10-23-21(18)26)14-19-20(24-25-22(19)28)13-16-7-2-1-3-8-16/h1-3,6-10,13-15,24,27H,4-5,11-12H2,(H,25,28). The van der Waals surface area contributed by atoms with Crippen molar-refractivity contribution in [2.24, 2.45) is 0 Å². The monoisotopic (exact) mass is 374 g/mol. The summed E-state index contributed by atoms with van der Waals surface area (Å²) in [7, 11) is 0. The number of aryl methyl sites for hydroxylation is 1. The van der Waals surface area contributed by atoms with Crippen molar-refractivity contribution >= 4 is 23.2 Å². The molecular formula is C22H22N4O2. The van der Waals surface area contributed by atoms with Crippen molar-refractivity contribution in [2.45, 2.75) is 19.4 Å². The van der Waals surface area contributed by atoms with Crippen molar-refractivity contribution in [3.8, 4) is 0 Å². The van der Waals surface area contributed by atoms with Crippen LogP contribution in [-0.2, 0) is 6.54 Å². The highest BCUT2D eigenvalue weighted by Crippen LogP contribution is 2.20. The minimum atomic E-state index is -0.160. The van der Waals surface area contributed by atoms with Crippen LogP contribution in [0.4, 0.5) is 0 Å². The summed E-state index contributed by atoms with van der Waals surface area (Å²) >= 11 is 0. The van der Waals surface area contributed by atoms with Crippen LogP contribution in [0.5, 0.6) is 0 Å². The first-order valence-electron chi connectivity index (χ1n) is 9.36. The number of H-pyrrole nitrogens is 2. The molecule has 6 heteroatoms. The first kappa shape index (κ1) is 18.0. The minimum Gasteiger partial charge on any atom is -0.396 e. The van der Waals surface area contributed by atoms with Gasteiger partial charge in [0.2, 0.25) is 0 Å². The van der Waals surface area contributed by atoms with Gasteiger partial charge in [-0.3, -0.25) is 15.0 Å². The van der Waals surface area contributed by atoms with Crippen LogP contribution in [0.15, 0.2) is 59.7 Å². The first-order valence-corrected chi connectivity index (χ1v) is 9.36. The van der Waals surface area contributed by atoms with E-state index in [0.29, 0.717) is 5.22 Å². The van der Waals surface area contributed by atoms with Crippen LogP contribution in [-0.4, -0.2) is 31.5 Å². The fourth-order valence-corrected chi connectivity index (χ4v) is 3.34. The molecule has 4 aromatic rings. The van der Waals surface area contributed by atoms with Crippen molar-refractivity contribution in [3.63, 3.8) is 0 Å². The number of aromatic nitrogens is 4. The lowest BCUT2D eigenvalue weighted by molar-refractivity contribution is 0.281. The number of fused-ring (bicyclic) bond motifs is 1. The molecule has 0 amide bonds. The number of aliphatic hydroxyl groups excluding tert-OH is 1. The average Bonchev–Trinajstić information content (AvgIpc) is 3.25. The number of rotatable bonds is 6. The fourth-order valence-electron chi connectivity index (χ4n) is 3.34. The van der Waals surface area contributed by atoms with Crippen molar-refractivity contribution in [3.05, 3.63) is 86.9 Å². The van der Waals surface area contributed by atoms with Gasteiger partial charge in [0.1, 0.15) is 5.65 Å². The topological polar surface area (TPSA) is 86.7 Å². The molecule has 0 aliphatic heterocycles. The van der Waals surface area contributed by atoms with E-state index in [9.17, 15) is 4.79 Å². The van der Waals surface area contributed by atoms with Crippen LogP contribution < -0.4 is 16.1 Å². The lowest BCUT2D eigenvalue weighted by Gasteiger charge is -2.02. The van der Waals surface area contributed by atoms with E-state index in [-0.39, 0.29) is 12.2 Å². The third kappa shape index (κ3) is 3.68. The van der Waals surface area contributed by atoms with E-state index < -0.39 is 0 Å². The molecular weight excluding hydrogens is 352 g/mol. The third-order valence-corrected chi connectivity index (χ3v) is 4.73. The van der Waals surface area contributed by atoms with Crippen molar-refractivity contribution in [2.75, 3.05) is 6.61 Å². The normalized spacial score (nSPS) is 12.9. The summed E-state index contributed by atoms with van der Waals surface area (Å²) in [6.07, 6.45) is 9.26. The number of benzene rings is 1. The summed E-state index contributed by atoms with van der Waals surface area (Å²) in [6.45, 7) is 0.956. The van der Waals surface area contributed by atoms with Crippen molar-refractivity contribution in [1.82, 2.24) is 19.7 Å². The van der Waals surface area contributed by atoms with Gasteiger partial charge in [-0.25, -0.2) is 4.98 Å². The van der Waals surface area contributed by atoms with Crippen LogP contribution >= 0.6 is 0 Å². The zero-order valence-corrected chi connectivity index (χ0v) is 15.4. The maximum atomic E-state index is 12.4. The van der Waals surface area contributed by atoms with Crippen LogP contribution in [0.2, 0.25) is 0 Å². The number of nitrogens with one attached hydrogen (secondary N) is 2. The molecule has 1 aromatic carbocycles. The zero-order valence-electron chi connectivity index (χ0n) is 15.4. The number of hydrogen-bond donors (Lipinski definition) is 3. The van der Waals surface area contributed by atoms with Gasteiger partial charge < -0.3 is 9.67 Å². The molecule has 0 saturated heterocycles. The molecule has 0 aliphatic carbocycles. The molecule has 4 rings (SSSR count). The van der Waals surface area contributed by atoms with Gasteiger partial charge in [-0.2, -0.15) is 0 Å². The molecule has 0 bridgehead atoms. The van der Waals surface area contributed by atoms with E-state index in [1.54, 1.807) is 6.20 Å². The predicted octanol–water partition coefficient (Wildman–Crippen LogP) is 1.48. The van der Waals surface area contributed by atoms with E-state index in [2.05, 4.69) is 19.7 Å². The second kappa shape index (κ2) is 8.10. The van der Waals surface area contributed by atoms with E-state index >= 15 is 0 Å². The Hall–Kier alpha value is -3.38. The van der Waals surface area contributed by atoms with Gasteiger partial charge >= 0.3 is 0 Å². The van der Waals surface area contributed by atoms with Crippen LogP contribution in [0.1, 0.15) is 24.0 Å². The van der Waals surface area contributed by atoms with Gasteiger partial charge in [-0.1, -0.05) is 30.3 Å². The lowest BCUT2D eigenvalue weighted by Crippen LogP contribution is -2.33. The summed E-state index contributed by atoms with van der Waals surface area (Å²) in [5, 5.41) is 17.0. The van der Waals surface area contributed by atoms with E-state index in [1.807, 2.05) is 60.8 Å². The number of nitrogens with zero attached hydrogens (tertiary/aromatic N) is 2. The number of pyridine rings is 1. The quantitative estimate of drug-likeness (QED) is 0.447. The maximum absolute atomic E-state index is 12.4. The molecule has 0 atom stereocenters. The molecule has 3 N–H and O–H groups in total. The van der Waals surface area contributed by atoms with Crippen molar-refractivity contribution in [1.29, 1.82) is 0 Å². The predicted molar refractivity (Wildman–Crippen MR) is 110 cm³/mol. The lowest BCUT2D eigenvalue weighted by atomic mass is 10.1. The number of unbranched alkanes of at least 4 members (excludes halogenated alkanes) is 1.